The molecule has 0 saturated carbocycles. The van der Waals surface area contributed by atoms with Gasteiger partial charge < -0.3 is 5.32 Å². The monoisotopic (exact) mass is 348 g/mol. The Morgan fingerprint density at radius 3 is 2.46 bits per heavy atom. The Kier molecular flexibility index (Phi) is 5.37. The van der Waals surface area contributed by atoms with Crippen molar-refractivity contribution in [3.63, 3.8) is 0 Å². The van der Waals surface area contributed by atoms with Crippen LogP contribution < -0.4 is 10.6 Å². The van der Waals surface area contributed by atoms with Gasteiger partial charge in [-0.2, -0.15) is 5.10 Å². The smallest absolute Gasteiger partial charge is 0.320 e. The number of aromatic nitrogens is 2. The maximum absolute atomic E-state index is 12.3. The van der Waals surface area contributed by atoms with Gasteiger partial charge in [-0.25, -0.2) is 4.79 Å². The van der Waals surface area contributed by atoms with Crippen molar-refractivity contribution in [2.75, 3.05) is 5.32 Å². The summed E-state index contributed by atoms with van der Waals surface area (Å²) in [5.74, 6) is 0.525. The summed E-state index contributed by atoms with van der Waals surface area (Å²) in [5, 5.41) is 10.1. The van der Waals surface area contributed by atoms with Crippen LogP contribution in [0.3, 0.4) is 0 Å². The number of anilines is 1. The van der Waals surface area contributed by atoms with Crippen LogP contribution in [-0.2, 0) is 13.5 Å². The van der Waals surface area contributed by atoms with Crippen molar-refractivity contribution in [2.45, 2.75) is 26.3 Å². The molecule has 1 heterocycles. The Morgan fingerprint density at radius 2 is 1.81 bits per heavy atom. The summed E-state index contributed by atoms with van der Waals surface area (Å²) < 4.78 is 1.76. The molecule has 0 saturated heterocycles. The van der Waals surface area contributed by atoms with Crippen molar-refractivity contribution >= 4 is 11.8 Å². The normalized spacial score (nSPS) is 11.8. The summed E-state index contributed by atoms with van der Waals surface area (Å²) in [6.45, 7) is 4.09. The molecular formula is C21H24N4O. The van der Waals surface area contributed by atoms with Crippen molar-refractivity contribution in [1.82, 2.24) is 15.1 Å². The van der Waals surface area contributed by atoms with E-state index in [0.29, 0.717) is 5.82 Å². The standard InChI is InChI=1S/C21H24N4O/c1-4-16-10-12-17(13-11-16)15(2)22-21(26)23-20-14-19(25(3)24-20)18-8-6-5-7-9-18/h5-15H,4H2,1-3H3,(H2,22,23,24,26). The van der Waals surface area contributed by atoms with E-state index >= 15 is 0 Å². The zero-order valence-corrected chi connectivity index (χ0v) is 15.4. The number of hydrogen-bond donors (Lipinski definition) is 2. The molecule has 5 nitrogen and oxygen atoms in total. The number of amides is 2. The molecular weight excluding hydrogens is 324 g/mol. The van der Waals surface area contributed by atoms with Crippen molar-refractivity contribution in [2.24, 2.45) is 7.05 Å². The van der Waals surface area contributed by atoms with Crippen molar-refractivity contribution in [1.29, 1.82) is 0 Å². The van der Waals surface area contributed by atoms with Crippen LogP contribution in [0.25, 0.3) is 11.3 Å². The molecule has 0 fully saturated rings. The van der Waals surface area contributed by atoms with E-state index in [9.17, 15) is 4.79 Å². The molecule has 1 unspecified atom stereocenters. The first-order valence-electron chi connectivity index (χ1n) is 8.82. The second-order valence-corrected chi connectivity index (χ2v) is 6.32. The van der Waals surface area contributed by atoms with Gasteiger partial charge in [0.2, 0.25) is 0 Å². The van der Waals surface area contributed by atoms with E-state index in [0.717, 1.165) is 23.2 Å². The van der Waals surface area contributed by atoms with Gasteiger partial charge in [0.1, 0.15) is 0 Å². The van der Waals surface area contributed by atoms with Crippen LogP contribution in [0, 0.1) is 0 Å². The molecule has 2 N–H and O–H groups in total. The third-order valence-electron chi connectivity index (χ3n) is 4.43. The number of aryl methyl sites for hydroxylation is 2. The lowest BCUT2D eigenvalue weighted by Gasteiger charge is -2.14. The Hall–Kier alpha value is -3.08. The summed E-state index contributed by atoms with van der Waals surface area (Å²) in [4.78, 5) is 12.3. The Balaban J connectivity index is 1.64. The first kappa shape index (κ1) is 17.7. The van der Waals surface area contributed by atoms with Crippen molar-refractivity contribution < 1.29 is 4.79 Å². The highest BCUT2D eigenvalue weighted by molar-refractivity contribution is 5.89. The third-order valence-corrected chi connectivity index (χ3v) is 4.43. The van der Waals surface area contributed by atoms with Gasteiger partial charge in [-0.15, -0.1) is 0 Å². The molecule has 0 aliphatic heterocycles. The predicted molar refractivity (Wildman–Crippen MR) is 105 cm³/mol. The van der Waals surface area contributed by atoms with Gasteiger partial charge in [0, 0.05) is 13.1 Å². The average molecular weight is 348 g/mol. The fourth-order valence-electron chi connectivity index (χ4n) is 2.88. The molecule has 0 aliphatic rings. The van der Waals surface area contributed by atoms with E-state index in [1.54, 1.807) is 4.68 Å². The minimum absolute atomic E-state index is 0.0850. The maximum atomic E-state index is 12.3. The van der Waals surface area contributed by atoms with Crippen LogP contribution in [0.4, 0.5) is 10.6 Å². The lowest BCUT2D eigenvalue weighted by atomic mass is 10.1. The SMILES string of the molecule is CCc1ccc(C(C)NC(=O)Nc2cc(-c3ccccc3)n(C)n2)cc1. The predicted octanol–water partition coefficient (Wildman–Crippen LogP) is 4.53. The second kappa shape index (κ2) is 7.87. The Morgan fingerprint density at radius 1 is 1.12 bits per heavy atom. The molecule has 0 bridgehead atoms. The molecule has 0 radical (unpaired) electrons. The van der Waals surface area contributed by atoms with Gasteiger partial charge in [0.15, 0.2) is 5.82 Å². The number of rotatable bonds is 5. The molecule has 134 valence electrons. The van der Waals surface area contributed by atoms with E-state index in [1.165, 1.54) is 5.56 Å². The Labute approximate surface area is 154 Å². The van der Waals surface area contributed by atoms with Crippen LogP contribution in [0.2, 0.25) is 0 Å². The first-order chi connectivity index (χ1) is 12.6. The van der Waals surface area contributed by atoms with Gasteiger partial charge in [0.05, 0.1) is 11.7 Å². The van der Waals surface area contributed by atoms with E-state index in [2.05, 4.69) is 46.9 Å². The van der Waals surface area contributed by atoms with E-state index < -0.39 is 0 Å². The van der Waals surface area contributed by atoms with Crippen LogP contribution in [0.5, 0.6) is 0 Å². The average Bonchev–Trinajstić information content (AvgIpc) is 3.02. The number of carbonyl (C=O) groups is 1. The molecule has 0 aliphatic carbocycles. The summed E-state index contributed by atoms with van der Waals surface area (Å²) in [6, 6.07) is 19.8. The van der Waals surface area contributed by atoms with Crippen molar-refractivity contribution in [3.8, 4) is 11.3 Å². The molecule has 1 atom stereocenters. The van der Waals surface area contributed by atoms with Gasteiger partial charge in [0.25, 0.3) is 0 Å². The zero-order chi connectivity index (χ0) is 18.5. The number of hydrogen-bond acceptors (Lipinski definition) is 2. The number of urea groups is 1. The minimum Gasteiger partial charge on any atom is -0.331 e. The molecule has 2 aromatic carbocycles. The van der Waals surface area contributed by atoms with Crippen LogP contribution in [0.15, 0.2) is 60.7 Å². The number of nitrogens with zero attached hydrogens (tertiary/aromatic N) is 2. The fourth-order valence-corrected chi connectivity index (χ4v) is 2.88. The molecule has 2 amide bonds. The number of benzene rings is 2. The summed E-state index contributed by atoms with van der Waals surface area (Å²) >= 11 is 0. The van der Waals surface area contributed by atoms with Crippen LogP contribution >= 0.6 is 0 Å². The summed E-state index contributed by atoms with van der Waals surface area (Å²) in [7, 11) is 1.86. The van der Waals surface area contributed by atoms with Crippen LogP contribution in [0.1, 0.15) is 31.0 Å². The van der Waals surface area contributed by atoms with E-state index in [-0.39, 0.29) is 12.1 Å². The lowest BCUT2D eigenvalue weighted by molar-refractivity contribution is 0.249. The van der Waals surface area contributed by atoms with Gasteiger partial charge in [-0.3, -0.25) is 10.00 Å². The van der Waals surface area contributed by atoms with E-state index in [4.69, 9.17) is 0 Å². The Bertz CT molecular complexity index is 869. The molecule has 0 spiro atoms. The highest BCUT2D eigenvalue weighted by atomic mass is 16.2. The fraction of sp³-hybridized carbons (Fsp3) is 0.238. The zero-order valence-electron chi connectivity index (χ0n) is 15.4. The summed E-state index contributed by atoms with van der Waals surface area (Å²) in [5.41, 5.74) is 4.36. The van der Waals surface area contributed by atoms with Crippen molar-refractivity contribution in [3.05, 3.63) is 71.8 Å². The second-order valence-electron chi connectivity index (χ2n) is 6.32. The third kappa shape index (κ3) is 4.11. The maximum Gasteiger partial charge on any atom is 0.320 e. The minimum atomic E-state index is -0.269. The number of carbonyl (C=O) groups excluding carboxylic acids is 1. The largest absolute Gasteiger partial charge is 0.331 e. The molecule has 3 rings (SSSR count). The molecule has 3 aromatic rings. The number of nitrogens with one attached hydrogen (secondary N) is 2. The van der Waals surface area contributed by atoms with Gasteiger partial charge in [-0.1, -0.05) is 61.5 Å². The van der Waals surface area contributed by atoms with E-state index in [1.807, 2.05) is 50.4 Å². The quantitative estimate of drug-likeness (QED) is 0.711. The van der Waals surface area contributed by atoms with Gasteiger partial charge in [-0.05, 0) is 30.0 Å². The topological polar surface area (TPSA) is 59.0 Å². The molecule has 5 heteroatoms. The highest BCUT2D eigenvalue weighted by Gasteiger charge is 2.13. The molecule has 26 heavy (non-hydrogen) atoms. The first-order valence-corrected chi connectivity index (χ1v) is 8.82. The molecule has 1 aromatic heterocycles. The van der Waals surface area contributed by atoms with Gasteiger partial charge >= 0.3 is 6.03 Å². The highest BCUT2D eigenvalue weighted by Crippen LogP contribution is 2.21. The summed E-state index contributed by atoms with van der Waals surface area (Å²) in [6.07, 6.45) is 1.01. The van der Waals surface area contributed by atoms with Crippen LogP contribution in [-0.4, -0.2) is 15.8 Å². The lowest BCUT2D eigenvalue weighted by Crippen LogP contribution is -2.31.